The van der Waals surface area contributed by atoms with E-state index >= 15 is 0 Å². The molecule has 24 heavy (non-hydrogen) atoms. The Morgan fingerprint density at radius 3 is 2.46 bits per heavy atom. The van der Waals surface area contributed by atoms with E-state index in [1.54, 1.807) is 0 Å². The minimum Gasteiger partial charge on any atom is -0.390 e. The first-order chi connectivity index (χ1) is 11.4. The zero-order valence-corrected chi connectivity index (χ0v) is 15.9. The second-order valence-electron chi connectivity index (χ2n) is 7.35. The van der Waals surface area contributed by atoms with E-state index < -0.39 is 14.7 Å². The maximum atomic E-state index is 10.7. The normalized spacial score (nSPS) is 29.0. The molecule has 1 N–H and O–H groups in total. The third kappa shape index (κ3) is 3.24. The minimum atomic E-state index is -2.34. The van der Waals surface area contributed by atoms with E-state index in [4.69, 9.17) is 13.6 Å². The molecule has 0 spiro atoms. The molecule has 3 atom stereocenters. The SMILES string of the molecule is CC(C)[Si]1(C(C)C)OCC2=C[C@@H](OCc3ccccc3)C(O)[C@H]2O1. The summed E-state index contributed by atoms with van der Waals surface area (Å²) >= 11 is 0. The van der Waals surface area contributed by atoms with Crippen molar-refractivity contribution in [3.8, 4) is 0 Å². The maximum Gasteiger partial charge on any atom is 0.344 e. The lowest BCUT2D eigenvalue weighted by Gasteiger charge is -2.44. The molecule has 1 aromatic carbocycles. The molecule has 0 radical (unpaired) electrons. The predicted molar refractivity (Wildman–Crippen MR) is 95.9 cm³/mol. The minimum absolute atomic E-state index is 0.281. The summed E-state index contributed by atoms with van der Waals surface area (Å²) in [5.74, 6) is 0. The molecule has 132 valence electrons. The Morgan fingerprint density at radius 2 is 1.83 bits per heavy atom. The molecular weight excluding hydrogens is 320 g/mol. The summed E-state index contributed by atoms with van der Waals surface area (Å²) in [7, 11) is -2.34. The lowest BCUT2D eigenvalue weighted by atomic mass is 10.1. The van der Waals surface area contributed by atoms with Gasteiger partial charge in [-0.1, -0.05) is 58.0 Å². The fraction of sp³-hybridized carbons (Fsp3) is 0.579. The van der Waals surface area contributed by atoms with Crippen LogP contribution in [-0.4, -0.2) is 38.6 Å². The average molecular weight is 349 g/mol. The van der Waals surface area contributed by atoms with Gasteiger partial charge < -0.3 is 18.7 Å². The highest BCUT2D eigenvalue weighted by Gasteiger charge is 2.53. The summed E-state index contributed by atoms with van der Waals surface area (Å²) in [5, 5.41) is 10.7. The fourth-order valence-electron chi connectivity index (χ4n) is 3.69. The van der Waals surface area contributed by atoms with Gasteiger partial charge in [-0.3, -0.25) is 0 Å². The van der Waals surface area contributed by atoms with Crippen molar-refractivity contribution >= 4 is 8.56 Å². The smallest absolute Gasteiger partial charge is 0.344 e. The summed E-state index contributed by atoms with van der Waals surface area (Å²) in [6.07, 6.45) is 0.711. The molecule has 0 saturated carbocycles. The van der Waals surface area contributed by atoms with Gasteiger partial charge in [0.15, 0.2) is 0 Å². The standard InChI is InChI=1S/C19H28O4Si/c1-13(2)24(14(3)4)22-12-16-10-17(18(20)19(16)23-24)21-11-15-8-6-5-7-9-15/h5-10,13-14,17-20H,11-12H2,1-4H3/t17-,18?,19+/m1/s1. The fourth-order valence-corrected chi connectivity index (χ4v) is 7.38. The lowest BCUT2D eigenvalue weighted by molar-refractivity contribution is -0.0617. The van der Waals surface area contributed by atoms with E-state index in [1.165, 1.54) is 0 Å². The molecule has 1 heterocycles. The van der Waals surface area contributed by atoms with Gasteiger partial charge in [-0.25, -0.2) is 0 Å². The number of fused-ring (bicyclic) bond motifs is 1. The highest BCUT2D eigenvalue weighted by Crippen LogP contribution is 2.42. The molecule has 1 unspecified atom stereocenters. The number of hydrogen-bond donors (Lipinski definition) is 1. The second kappa shape index (κ2) is 7.10. The Balaban J connectivity index is 1.69. The largest absolute Gasteiger partial charge is 0.390 e. The van der Waals surface area contributed by atoms with Gasteiger partial charge in [-0.15, -0.1) is 0 Å². The molecule has 4 nitrogen and oxygen atoms in total. The molecule has 1 aromatic rings. The van der Waals surface area contributed by atoms with Crippen LogP contribution in [0.1, 0.15) is 33.3 Å². The molecule has 1 aliphatic carbocycles. The van der Waals surface area contributed by atoms with Gasteiger partial charge in [0.25, 0.3) is 0 Å². The molecule has 2 aliphatic rings. The molecule has 0 aromatic heterocycles. The Morgan fingerprint density at radius 1 is 1.17 bits per heavy atom. The Hall–Kier alpha value is -0.983. The van der Waals surface area contributed by atoms with Gasteiger partial charge in [0.2, 0.25) is 0 Å². The lowest BCUT2D eigenvalue weighted by Crippen LogP contribution is -2.57. The molecule has 3 rings (SSSR count). The van der Waals surface area contributed by atoms with E-state index in [0.717, 1.165) is 11.1 Å². The van der Waals surface area contributed by atoms with E-state index in [0.29, 0.717) is 24.3 Å². The van der Waals surface area contributed by atoms with Crippen LogP contribution in [0.2, 0.25) is 11.1 Å². The van der Waals surface area contributed by atoms with Crippen LogP contribution in [0.25, 0.3) is 0 Å². The first-order valence-electron chi connectivity index (χ1n) is 8.80. The van der Waals surface area contributed by atoms with E-state index in [9.17, 15) is 5.11 Å². The van der Waals surface area contributed by atoms with E-state index in [2.05, 4.69) is 27.7 Å². The van der Waals surface area contributed by atoms with Crippen LogP contribution in [0.15, 0.2) is 42.0 Å². The highest BCUT2D eigenvalue weighted by atomic mass is 28.4. The highest BCUT2D eigenvalue weighted by molar-refractivity contribution is 6.70. The first kappa shape index (κ1) is 17.8. The summed E-state index contributed by atoms with van der Waals surface area (Å²) in [5.41, 5.74) is 2.80. The van der Waals surface area contributed by atoms with Crippen LogP contribution in [0.4, 0.5) is 0 Å². The zero-order chi connectivity index (χ0) is 17.3. The average Bonchev–Trinajstić information content (AvgIpc) is 2.89. The summed E-state index contributed by atoms with van der Waals surface area (Å²) < 4.78 is 18.6. The number of benzene rings is 1. The van der Waals surface area contributed by atoms with Crippen molar-refractivity contribution in [3.05, 3.63) is 47.5 Å². The van der Waals surface area contributed by atoms with E-state index in [-0.39, 0.29) is 12.2 Å². The molecular formula is C19H28O4Si. The quantitative estimate of drug-likeness (QED) is 0.653. The van der Waals surface area contributed by atoms with Crippen LogP contribution < -0.4 is 0 Å². The molecule has 0 bridgehead atoms. The van der Waals surface area contributed by atoms with Crippen molar-refractivity contribution in [2.45, 2.75) is 63.7 Å². The van der Waals surface area contributed by atoms with Crippen molar-refractivity contribution in [2.75, 3.05) is 6.61 Å². The van der Waals surface area contributed by atoms with Crippen molar-refractivity contribution in [1.29, 1.82) is 0 Å². The number of rotatable bonds is 5. The molecule has 1 fully saturated rings. The van der Waals surface area contributed by atoms with Gasteiger partial charge in [-0.05, 0) is 28.3 Å². The summed E-state index contributed by atoms with van der Waals surface area (Å²) in [6.45, 7) is 9.67. The van der Waals surface area contributed by atoms with Gasteiger partial charge in [-0.2, -0.15) is 0 Å². The van der Waals surface area contributed by atoms with Crippen LogP contribution in [0.5, 0.6) is 0 Å². The van der Waals surface area contributed by atoms with Crippen LogP contribution >= 0.6 is 0 Å². The van der Waals surface area contributed by atoms with Gasteiger partial charge >= 0.3 is 8.56 Å². The monoisotopic (exact) mass is 348 g/mol. The van der Waals surface area contributed by atoms with Crippen molar-refractivity contribution in [1.82, 2.24) is 0 Å². The molecule has 0 amide bonds. The Labute approximate surface area is 145 Å². The van der Waals surface area contributed by atoms with Gasteiger partial charge in [0, 0.05) is 0 Å². The van der Waals surface area contributed by atoms with Crippen LogP contribution in [0, 0.1) is 0 Å². The Kier molecular flexibility index (Phi) is 5.27. The zero-order valence-electron chi connectivity index (χ0n) is 14.9. The predicted octanol–water partition coefficient (Wildman–Crippen LogP) is 3.55. The van der Waals surface area contributed by atoms with Gasteiger partial charge in [0.1, 0.15) is 12.2 Å². The number of aliphatic hydroxyl groups is 1. The van der Waals surface area contributed by atoms with Crippen LogP contribution in [-0.2, 0) is 20.2 Å². The number of ether oxygens (including phenoxy) is 1. The third-order valence-electron chi connectivity index (χ3n) is 5.06. The topological polar surface area (TPSA) is 47.9 Å². The summed E-state index contributed by atoms with van der Waals surface area (Å²) in [6, 6.07) is 10.0. The molecule has 5 heteroatoms. The van der Waals surface area contributed by atoms with Crippen molar-refractivity contribution in [3.63, 3.8) is 0 Å². The second-order valence-corrected chi connectivity index (χ2v) is 11.6. The van der Waals surface area contributed by atoms with Gasteiger partial charge in [0.05, 0.1) is 19.3 Å². The van der Waals surface area contributed by atoms with Crippen molar-refractivity contribution in [2.24, 2.45) is 0 Å². The number of aliphatic hydroxyl groups excluding tert-OH is 1. The summed E-state index contributed by atoms with van der Waals surface area (Å²) in [4.78, 5) is 0. The van der Waals surface area contributed by atoms with Crippen LogP contribution in [0.3, 0.4) is 0 Å². The molecule has 1 aliphatic heterocycles. The van der Waals surface area contributed by atoms with Crippen molar-refractivity contribution < 1.29 is 18.7 Å². The van der Waals surface area contributed by atoms with E-state index in [1.807, 2.05) is 36.4 Å². The molecule has 1 saturated heterocycles. The first-order valence-corrected chi connectivity index (χ1v) is 10.8. The maximum absolute atomic E-state index is 10.7. The third-order valence-corrected chi connectivity index (χ3v) is 9.50. The number of hydrogen-bond acceptors (Lipinski definition) is 4. The Bertz CT molecular complexity index is 576.